The summed E-state index contributed by atoms with van der Waals surface area (Å²) in [4.78, 5) is 4.55. The lowest BCUT2D eigenvalue weighted by Gasteiger charge is -2.07. The van der Waals surface area contributed by atoms with Crippen LogP contribution in [0.2, 0.25) is 0 Å². The van der Waals surface area contributed by atoms with Gasteiger partial charge < -0.3 is 5.32 Å². The number of benzene rings is 1. The monoisotopic (exact) mass is 360 g/mol. The highest BCUT2D eigenvalue weighted by Crippen LogP contribution is 2.25. The van der Waals surface area contributed by atoms with E-state index in [1.165, 1.54) is 0 Å². The van der Waals surface area contributed by atoms with Gasteiger partial charge in [0.1, 0.15) is 5.01 Å². The molecule has 0 saturated carbocycles. The summed E-state index contributed by atoms with van der Waals surface area (Å²) in [6.07, 6.45) is 0.707. The van der Waals surface area contributed by atoms with Crippen molar-refractivity contribution in [2.75, 3.05) is 11.5 Å². The molecule has 0 spiro atoms. The summed E-state index contributed by atoms with van der Waals surface area (Å²) < 4.78 is 24.9. The van der Waals surface area contributed by atoms with Gasteiger partial charge in [0.15, 0.2) is 9.84 Å². The van der Waals surface area contributed by atoms with Gasteiger partial charge in [0.25, 0.3) is 0 Å². The van der Waals surface area contributed by atoms with E-state index in [0.29, 0.717) is 18.7 Å². The zero-order valence-electron chi connectivity index (χ0n) is 10.1. The Bertz CT molecular complexity index is 712. The van der Waals surface area contributed by atoms with E-state index in [9.17, 15) is 8.42 Å². The van der Waals surface area contributed by atoms with Gasteiger partial charge in [-0.05, 0) is 24.6 Å². The largest absolute Gasteiger partial charge is 0.307 e. The molecule has 2 aromatic rings. The summed E-state index contributed by atoms with van der Waals surface area (Å²) in [6.45, 7) is 0.636. The first-order valence-corrected chi connectivity index (χ1v) is 9.44. The Labute approximate surface area is 124 Å². The predicted octanol–water partition coefficient (Wildman–Crippen LogP) is 2.34. The number of nitrogens with one attached hydrogen (secondary N) is 1. The van der Waals surface area contributed by atoms with E-state index in [2.05, 4.69) is 26.2 Å². The molecule has 0 amide bonds. The summed E-state index contributed by atoms with van der Waals surface area (Å²) in [6, 6.07) is 6.11. The van der Waals surface area contributed by atoms with Crippen molar-refractivity contribution in [2.45, 2.75) is 19.0 Å². The Morgan fingerprint density at radius 1 is 1.47 bits per heavy atom. The summed E-state index contributed by atoms with van der Waals surface area (Å²) in [5.74, 6) is 0.556. The Morgan fingerprint density at radius 2 is 2.32 bits per heavy atom. The highest BCUT2D eigenvalue weighted by molar-refractivity contribution is 9.10. The zero-order chi connectivity index (χ0) is 13.5. The lowest BCUT2D eigenvalue weighted by molar-refractivity contribution is 0.553. The minimum atomic E-state index is -2.82. The molecule has 0 bridgehead atoms. The van der Waals surface area contributed by atoms with Crippen LogP contribution in [-0.2, 0) is 16.4 Å². The van der Waals surface area contributed by atoms with Crippen LogP contribution in [-0.4, -0.2) is 30.9 Å². The number of rotatable bonds is 3. The molecule has 102 valence electrons. The number of thiazole rings is 1. The molecule has 0 aliphatic carbocycles. The Balaban J connectivity index is 1.69. The minimum Gasteiger partial charge on any atom is -0.307 e. The molecule has 0 radical (unpaired) electrons. The average molecular weight is 361 g/mol. The molecule has 1 saturated heterocycles. The highest BCUT2D eigenvalue weighted by Gasteiger charge is 2.27. The second kappa shape index (κ2) is 5.12. The maximum Gasteiger partial charge on any atom is 0.151 e. The first-order chi connectivity index (χ1) is 9.02. The maximum absolute atomic E-state index is 11.4. The molecule has 3 rings (SSSR count). The molecule has 2 heterocycles. The van der Waals surface area contributed by atoms with Crippen LogP contribution in [0.3, 0.4) is 0 Å². The van der Waals surface area contributed by atoms with E-state index in [0.717, 1.165) is 19.7 Å². The summed E-state index contributed by atoms with van der Waals surface area (Å²) >= 11 is 5.07. The lowest BCUT2D eigenvalue weighted by Crippen LogP contribution is -2.29. The number of nitrogens with zero attached hydrogens (tertiary/aromatic N) is 1. The molecule has 1 aliphatic rings. The fourth-order valence-electron chi connectivity index (χ4n) is 2.21. The molecule has 1 aliphatic heterocycles. The smallest absolute Gasteiger partial charge is 0.151 e. The second-order valence-electron chi connectivity index (χ2n) is 4.70. The van der Waals surface area contributed by atoms with Crippen molar-refractivity contribution in [3.05, 3.63) is 27.7 Å². The van der Waals surface area contributed by atoms with Crippen molar-refractivity contribution in [3.63, 3.8) is 0 Å². The first kappa shape index (κ1) is 13.5. The third kappa shape index (κ3) is 3.16. The Hall–Kier alpha value is -0.500. The molecule has 1 atom stereocenters. The van der Waals surface area contributed by atoms with E-state index in [-0.39, 0.29) is 11.8 Å². The summed E-state index contributed by atoms with van der Waals surface area (Å²) in [7, 11) is -2.82. The normalized spacial score (nSPS) is 22.1. The van der Waals surface area contributed by atoms with Crippen LogP contribution >= 0.6 is 27.3 Å². The van der Waals surface area contributed by atoms with Gasteiger partial charge in [0, 0.05) is 17.1 Å². The SMILES string of the molecule is O=S1(=O)CCC(NCc2nc3cc(Br)ccc3s2)C1. The quantitative estimate of drug-likeness (QED) is 0.912. The predicted molar refractivity (Wildman–Crippen MR) is 81.2 cm³/mol. The standard InChI is InChI=1S/C12H13BrN2O2S2/c13-8-1-2-11-10(5-8)15-12(18-11)6-14-9-3-4-19(16,17)7-9/h1-2,5,9,14H,3-4,6-7H2. The number of sulfone groups is 1. The van der Waals surface area contributed by atoms with Crippen LogP contribution in [0.15, 0.2) is 22.7 Å². The first-order valence-electron chi connectivity index (χ1n) is 6.01. The number of fused-ring (bicyclic) bond motifs is 1. The van der Waals surface area contributed by atoms with Gasteiger partial charge >= 0.3 is 0 Å². The van der Waals surface area contributed by atoms with Crippen LogP contribution in [0, 0.1) is 0 Å². The number of halogens is 1. The zero-order valence-corrected chi connectivity index (χ0v) is 13.3. The number of aromatic nitrogens is 1. The van der Waals surface area contributed by atoms with Crippen LogP contribution in [0.5, 0.6) is 0 Å². The van der Waals surface area contributed by atoms with Crippen molar-refractivity contribution in [3.8, 4) is 0 Å². The lowest BCUT2D eigenvalue weighted by atomic mass is 10.3. The minimum absolute atomic E-state index is 0.0729. The summed E-state index contributed by atoms with van der Waals surface area (Å²) in [5.41, 5.74) is 0.982. The van der Waals surface area contributed by atoms with Crippen molar-refractivity contribution in [2.24, 2.45) is 0 Å². The molecule has 1 aromatic heterocycles. The van der Waals surface area contributed by atoms with Gasteiger partial charge in [-0.1, -0.05) is 15.9 Å². The van der Waals surface area contributed by atoms with Gasteiger partial charge in [-0.15, -0.1) is 11.3 Å². The average Bonchev–Trinajstić information content (AvgIpc) is 2.89. The van der Waals surface area contributed by atoms with Crippen LogP contribution in [0.4, 0.5) is 0 Å². The molecule has 7 heteroatoms. The molecule has 19 heavy (non-hydrogen) atoms. The molecular formula is C12H13BrN2O2S2. The summed E-state index contributed by atoms with van der Waals surface area (Å²) in [5, 5.41) is 4.28. The molecule has 1 N–H and O–H groups in total. The number of hydrogen-bond donors (Lipinski definition) is 1. The molecule has 1 fully saturated rings. The van der Waals surface area contributed by atoms with E-state index >= 15 is 0 Å². The van der Waals surface area contributed by atoms with Crippen molar-refractivity contribution >= 4 is 47.3 Å². The third-order valence-corrected chi connectivity index (χ3v) is 6.47. The van der Waals surface area contributed by atoms with Crippen molar-refractivity contribution in [1.29, 1.82) is 0 Å². The molecule has 1 unspecified atom stereocenters. The second-order valence-corrected chi connectivity index (χ2v) is 8.96. The van der Waals surface area contributed by atoms with Crippen LogP contribution in [0.25, 0.3) is 10.2 Å². The highest BCUT2D eigenvalue weighted by atomic mass is 79.9. The Morgan fingerprint density at radius 3 is 3.05 bits per heavy atom. The molecule has 1 aromatic carbocycles. The van der Waals surface area contributed by atoms with Gasteiger partial charge in [0.2, 0.25) is 0 Å². The van der Waals surface area contributed by atoms with Gasteiger partial charge in [-0.25, -0.2) is 13.4 Å². The Kier molecular flexibility index (Phi) is 3.63. The third-order valence-electron chi connectivity index (χ3n) is 3.17. The molecular weight excluding hydrogens is 348 g/mol. The maximum atomic E-state index is 11.4. The fraction of sp³-hybridized carbons (Fsp3) is 0.417. The van der Waals surface area contributed by atoms with Gasteiger partial charge in [0.05, 0.1) is 21.7 Å². The van der Waals surface area contributed by atoms with Crippen molar-refractivity contribution < 1.29 is 8.42 Å². The van der Waals surface area contributed by atoms with Gasteiger partial charge in [-0.3, -0.25) is 0 Å². The van der Waals surface area contributed by atoms with E-state index < -0.39 is 9.84 Å². The van der Waals surface area contributed by atoms with Crippen LogP contribution < -0.4 is 5.32 Å². The van der Waals surface area contributed by atoms with Crippen LogP contribution in [0.1, 0.15) is 11.4 Å². The van der Waals surface area contributed by atoms with E-state index in [1.807, 2.05) is 18.2 Å². The topological polar surface area (TPSA) is 59.1 Å². The van der Waals surface area contributed by atoms with E-state index in [1.54, 1.807) is 11.3 Å². The fourth-order valence-corrected chi connectivity index (χ4v) is 5.17. The number of hydrogen-bond acceptors (Lipinski definition) is 5. The molecule has 4 nitrogen and oxygen atoms in total. The van der Waals surface area contributed by atoms with Crippen molar-refractivity contribution in [1.82, 2.24) is 10.3 Å². The van der Waals surface area contributed by atoms with E-state index in [4.69, 9.17) is 0 Å². The van der Waals surface area contributed by atoms with Gasteiger partial charge in [-0.2, -0.15) is 0 Å².